The van der Waals surface area contributed by atoms with Gasteiger partial charge in [0.1, 0.15) is 86.9 Å². The third-order valence-electron chi connectivity index (χ3n) is 27.8. The van der Waals surface area contributed by atoms with Crippen LogP contribution >= 0.6 is 0 Å². The number of non-ortho nitro benzene ring substituents is 1. The number of carbonyl (C=O) groups excluding carboxylic acids is 7. The van der Waals surface area contributed by atoms with Crippen LogP contribution in [0.15, 0.2) is 170 Å². The number of alkyl carbamates (subject to hydrolysis) is 1. The molecule has 0 aromatic heterocycles. The fourth-order valence-corrected chi connectivity index (χ4v) is 20.4. The van der Waals surface area contributed by atoms with Gasteiger partial charge in [0.25, 0.3) is 5.69 Å². The summed E-state index contributed by atoms with van der Waals surface area (Å²) >= 11 is 0. The number of fused-ring (bicyclic) bond motifs is 6. The lowest BCUT2D eigenvalue weighted by atomic mass is 9.73. The number of nitro groups is 1. The van der Waals surface area contributed by atoms with Crippen molar-refractivity contribution in [2.75, 3.05) is 47.7 Å². The number of ether oxygens (including phenoxy) is 10. The number of nitrogens with two attached hydrogens (primary N) is 2. The fraction of sp³-hybridized carbons (Fsp3) is 0.545. The molecule has 17 unspecified atom stereocenters. The van der Waals surface area contributed by atoms with Gasteiger partial charge in [-0.15, -0.1) is 0 Å². The van der Waals surface area contributed by atoms with Crippen molar-refractivity contribution < 1.29 is 135 Å². The maximum atomic E-state index is 12.5. The van der Waals surface area contributed by atoms with Gasteiger partial charge in [-0.2, -0.15) is 9.78 Å². The van der Waals surface area contributed by atoms with Crippen LogP contribution in [0.2, 0.25) is 0 Å². The molecule has 1 amide bonds. The van der Waals surface area contributed by atoms with Gasteiger partial charge < -0.3 is 84.1 Å². The minimum atomic E-state index is -0.750. The number of hydrogen-bond donors (Lipinski definition) is 7. The van der Waals surface area contributed by atoms with Crippen molar-refractivity contribution >= 4 is 59.4 Å². The zero-order valence-electron chi connectivity index (χ0n) is 86.0. The lowest BCUT2D eigenvalue weighted by Crippen LogP contribution is -2.32. The molecule has 0 saturated heterocycles. The molecule has 0 aliphatic heterocycles. The Bertz CT molecular complexity index is 5210. The molecule has 7 aromatic carbocycles. The highest BCUT2D eigenvalue weighted by molar-refractivity contribution is 5.93. The third-order valence-corrected chi connectivity index (χ3v) is 27.8. The maximum Gasteiger partial charge on any atom is 0.407 e. The summed E-state index contributed by atoms with van der Waals surface area (Å²) in [4.78, 5) is 138. The quantitative estimate of drug-likeness (QED) is 0.00178. The SMILES string of the molecule is CCCCCC(CCC1C(OOC(=N)CC(=O)OCc2ccccc2)CC2Cc3c(cccc3OCC(=O)OC)CC21)OOC(=N)CC(=O)OCc1ccccc1.CCCCCC(CCC1C(OOC(C)N)CC2Cc3c(cccc3OCC(=O)OC)CC21)OOC(C)N.CCCCCC(O)CCC1C(O)CC2Cc3c(cccc3OCC(=O)OC)CC21.O=C(CNC(=O)OCc1ccccc1)Oc1ccc([N+](=O)[O-])cc1. The van der Waals surface area contributed by atoms with Gasteiger partial charge in [-0.05, 0) is 263 Å². The summed E-state index contributed by atoms with van der Waals surface area (Å²) in [7, 11) is 4.05. The first kappa shape index (κ1) is 117. The molecule has 35 nitrogen and oxygen atoms in total. The van der Waals surface area contributed by atoms with Gasteiger partial charge in [-0.25, -0.2) is 43.5 Å². The predicted molar refractivity (Wildman–Crippen MR) is 543 cm³/mol. The number of nitro benzene ring substituents is 1. The number of unbranched alkanes of at least 4 members (excludes halogenated alkanes) is 6. The zero-order valence-corrected chi connectivity index (χ0v) is 86.0. The number of methoxy groups -OCH3 is 3. The molecule has 35 heteroatoms. The maximum absolute atomic E-state index is 12.5. The van der Waals surface area contributed by atoms with E-state index in [0.717, 1.165) is 168 Å². The molecule has 13 rings (SSSR count). The minimum Gasteiger partial charge on any atom is -0.482 e. The Morgan fingerprint density at radius 2 is 0.837 bits per heavy atom. The first-order valence-corrected chi connectivity index (χ1v) is 51.6. The highest BCUT2D eigenvalue weighted by Gasteiger charge is 2.50. The third kappa shape index (κ3) is 39.5. The van der Waals surface area contributed by atoms with E-state index < -0.39 is 59.4 Å². The molecular weight excluding hydrogens is 1890 g/mol. The van der Waals surface area contributed by atoms with Gasteiger partial charge in [0, 0.05) is 12.1 Å². The Kier molecular flexibility index (Phi) is 50.1. The second-order valence-electron chi connectivity index (χ2n) is 38.5. The average molecular weight is 2040 g/mol. The molecule has 0 spiro atoms. The van der Waals surface area contributed by atoms with Crippen molar-refractivity contribution in [3.63, 3.8) is 0 Å². The molecule has 6 aliphatic carbocycles. The van der Waals surface area contributed by atoms with Crippen molar-refractivity contribution in [2.24, 2.45) is 64.7 Å². The summed E-state index contributed by atoms with van der Waals surface area (Å²) in [5.74, 6) is 1.16. The Morgan fingerprint density at radius 1 is 0.435 bits per heavy atom. The number of carbonyl (C=O) groups is 7. The molecule has 802 valence electrons. The molecule has 0 radical (unpaired) electrons. The van der Waals surface area contributed by atoms with Crippen molar-refractivity contribution in [1.82, 2.24) is 5.32 Å². The fourth-order valence-electron chi connectivity index (χ4n) is 20.4. The predicted octanol–water partition coefficient (Wildman–Crippen LogP) is 18.1. The van der Waals surface area contributed by atoms with Crippen LogP contribution in [0.1, 0.15) is 232 Å². The van der Waals surface area contributed by atoms with E-state index in [4.69, 9.17) is 104 Å². The van der Waals surface area contributed by atoms with Gasteiger partial charge >= 0.3 is 41.9 Å². The van der Waals surface area contributed by atoms with Crippen LogP contribution < -0.4 is 35.7 Å². The van der Waals surface area contributed by atoms with E-state index in [9.17, 15) is 53.9 Å². The highest BCUT2D eigenvalue weighted by Crippen LogP contribution is 2.53. The minimum absolute atomic E-state index is 0.00897. The Balaban J connectivity index is 0.000000212. The monoisotopic (exact) mass is 2040 g/mol. The van der Waals surface area contributed by atoms with Crippen LogP contribution in [0, 0.1) is 74.2 Å². The van der Waals surface area contributed by atoms with E-state index in [1.165, 1.54) is 80.7 Å². The van der Waals surface area contributed by atoms with Gasteiger partial charge in [-0.3, -0.25) is 30.5 Å². The Morgan fingerprint density at radius 3 is 1.27 bits per heavy atom. The number of benzene rings is 7. The molecule has 7 aromatic rings. The van der Waals surface area contributed by atoms with Crippen LogP contribution in [-0.2, 0) is 155 Å². The molecular formula is C112H150N6O29. The van der Waals surface area contributed by atoms with Crippen molar-refractivity contribution in [3.8, 4) is 23.0 Å². The standard InChI is InChI=1S/C44H54N2O11.C28H46N2O7.C24H36O5.C16H14N2O6/c1-3-4-7-18-34(54-56-40(45)25-42(47)52-27-30-13-8-5-9-14-30)20-21-35-36-22-32-17-12-19-38(51-29-44(49)50-2)37(32)23-33(36)24-39(35)55-57-41(46)26-43(48)53-28-31-15-10-6-11-16-31;1-5-6-7-10-22(36-34-18(2)29)12-13-23-24-14-20-9-8-11-26(33-17-28(31)32-4)25(20)15-21(24)16-27(23)37-35-19(3)30;1-3-4-5-8-18(25)10-11-19-20-12-16-7-6-9-23(29-15-24(27)28-2)21(16)13-17(20)14-22(19)26;19-15(24-14-8-6-13(7-9-14)18(21)22)10-17-16(20)23-11-12-4-2-1-3-5-12/h5-6,8-17,19,33-36,39,45-46H,3-4,7,18,20-29H2,1-2H3;8-9,11,18-19,21-24,27H,5-7,10,12-17,29-30H2,1-4H3;6-7,9,17-20,22,25-26H,3-5,8,10-15H2,1-2H3;1-9H,10-11H2,(H,17,20). The molecule has 3 saturated carbocycles. The van der Waals surface area contributed by atoms with Crippen LogP contribution in [0.3, 0.4) is 0 Å². The van der Waals surface area contributed by atoms with Crippen LogP contribution in [0.5, 0.6) is 23.0 Å². The van der Waals surface area contributed by atoms with E-state index >= 15 is 0 Å². The number of esters is 6. The lowest BCUT2D eigenvalue weighted by molar-refractivity contribution is -0.384. The number of rotatable bonds is 54. The van der Waals surface area contributed by atoms with Gasteiger partial charge in [0.05, 0.1) is 50.7 Å². The lowest BCUT2D eigenvalue weighted by Gasteiger charge is -2.33. The number of hydrogen-bond acceptors (Lipinski definition) is 33. The molecule has 9 N–H and O–H groups in total. The normalized spacial score (nSPS) is 20.4. The number of aliphatic hydroxyl groups excluding tert-OH is 2. The molecule has 147 heavy (non-hydrogen) atoms. The van der Waals surface area contributed by atoms with Gasteiger partial charge in [-0.1, -0.05) is 206 Å². The number of nitrogens with one attached hydrogen (secondary N) is 3. The summed E-state index contributed by atoms with van der Waals surface area (Å²) in [6.45, 7) is 9.56. The number of aliphatic hydroxyl groups is 2. The topological polar surface area (TPSA) is 481 Å². The van der Waals surface area contributed by atoms with E-state index in [1.54, 1.807) is 26.0 Å². The summed E-state index contributed by atoms with van der Waals surface area (Å²) in [6.07, 6.45) is 20.6. The summed E-state index contributed by atoms with van der Waals surface area (Å²) < 4.78 is 52.1. The van der Waals surface area contributed by atoms with Gasteiger partial charge in [0.15, 0.2) is 19.8 Å². The summed E-state index contributed by atoms with van der Waals surface area (Å²) in [5, 5.41) is 50.4. The molecule has 3 fully saturated rings. The highest BCUT2D eigenvalue weighted by atomic mass is 17.2. The Hall–Kier alpha value is -12.0. The largest absolute Gasteiger partial charge is 0.482 e. The first-order chi connectivity index (χ1) is 71.1. The van der Waals surface area contributed by atoms with Crippen LogP contribution in [0.25, 0.3) is 0 Å². The zero-order chi connectivity index (χ0) is 105. The van der Waals surface area contributed by atoms with E-state index in [0.29, 0.717) is 67.4 Å². The smallest absolute Gasteiger partial charge is 0.407 e. The molecule has 6 aliphatic rings. The van der Waals surface area contributed by atoms with Crippen LogP contribution in [0.4, 0.5) is 10.5 Å². The second kappa shape index (κ2) is 63.0. The Labute approximate surface area is 861 Å². The second-order valence-corrected chi connectivity index (χ2v) is 38.5. The molecule has 0 bridgehead atoms. The van der Waals surface area contributed by atoms with Crippen molar-refractivity contribution in [1.29, 1.82) is 10.8 Å². The van der Waals surface area contributed by atoms with Crippen LogP contribution in [-0.4, -0.2) is 166 Å². The molecule has 17 atom stereocenters. The van der Waals surface area contributed by atoms with Gasteiger partial charge in [0.2, 0.25) is 11.8 Å². The average Bonchev–Trinajstić information content (AvgIpc) is 1.63. The van der Waals surface area contributed by atoms with Crippen molar-refractivity contribution in [3.05, 3.63) is 230 Å². The van der Waals surface area contributed by atoms with E-state index in [1.807, 2.05) is 115 Å². The van der Waals surface area contributed by atoms with E-state index in [-0.39, 0.29) is 142 Å². The van der Waals surface area contributed by atoms with Crippen molar-refractivity contribution in [2.45, 2.75) is 290 Å². The summed E-state index contributed by atoms with van der Waals surface area (Å²) in [5.41, 5.74) is 21.0. The molecule has 0 heterocycles. The number of amides is 1. The summed E-state index contributed by atoms with van der Waals surface area (Å²) in [6, 6.07) is 50.7. The number of nitrogens with zero attached hydrogens (tertiary/aromatic N) is 1. The van der Waals surface area contributed by atoms with E-state index in [2.05, 4.69) is 49.0 Å². The first-order valence-electron chi connectivity index (χ1n) is 51.6.